The van der Waals surface area contributed by atoms with Crippen molar-refractivity contribution < 1.29 is 0 Å². The van der Waals surface area contributed by atoms with Gasteiger partial charge in [0.1, 0.15) is 0 Å². The third-order valence-electron chi connectivity index (χ3n) is 4.26. The Morgan fingerprint density at radius 1 is 1.28 bits per heavy atom. The topological polar surface area (TPSA) is 12.0 Å². The van der Waals surface area contributed by atoms with E-state index in [0.717, 1.165) is 34.0 Å². The molecule has 0 bridgehead atoms. The summed E-state index contributed by atoms with van der Waals surface area (Å²) in [4.78, 5) is 0. The molecule has 2 rings (SSSR count). The van der Waals surface area contributed by atoms with Crippen LogP contribution in [-0.4, -0.2) is 13.6 Å². The van der Waals surface area contributed by atoms with Crippen LogP contribution < -0.4 is 5.32 Å². The minimum absolute atomic E-state index is 0.124. The van der Waals surface area contributed by atoms with Gasteiger partial charge in [0.15, 0.2) is 0 Å². The summed E-state index contributed by atoms with van der Waals surface area (Å²) in [5.74, 6) is 1.52. The molecule has 100 valence electrons. The Balaban J connectivity index is 2.32. The van der Waals surface area contributed by atoms with Crippen LogP contribution >= 0.6 is 23.2 Å². The maximum Gasteiger partial charge on any atom is 0.0459 e. The van der Waals surface area contributed by atoms with Gasteiger partial charge in [0.2, 0.25) is 0 Å². The second-order valence-electron chi connectivity index (χ2n) is 5.82. The SMILES string of the molecule is CNCC1(c2c(Cl)cccc2Cl)CC(C(C)C)C1. The summed E-state index contributed by atoms with van der Waals surface area (Å²) in [6.45, 7) is 5.53. The Hall–Kier alpha value is -0.240. The number of halogens is 2. The highest BCUT2D eigenvalue weighted by atomic mass is 35.5. The first-order valence-electron chi connectivity index (χ1n) is 6.59. The van der Waals surface area contributed by atoms with E-state index in [1.54, 1.807) is 0 Å². The zero-order chi connectivity index (χ0) is 13.3. The summed E-state index contributed by atoms with van der Waals surface area (Å²) < 4.78 is 0. The maximum absolute atomic E-state index is 6.38. The minimum Gasteiger partial charge on any atom is -0.319 e. The molecule has 0 atom stereocenters. The van der Waals surface area contributed by atoms with Gasteiger partial charge < -0.3 is 5.32 Å². The van der Waals surface area contributed by atoms with Gasteiger partial charge in [-0.05, 0) is 49.4 Å². The number of benzene rings is 1. The Morgan fingerprint density at radius 2 is 1.83 bits per heavy atom. The van der Waals surface area contributed by atoms with Crippen LogP contribution in [0.2, 0.25) is 10.0 Å². The second kappa shape index (κ2) is 5.40. The van der Waals surface area contributed by atoms with Crippen LogP contribution in [0.5, 0.6) is 0 Å². The molecule has 0 aliphatic heterocycles. The van der Waals surface area contributed by atoms with Gasteiger partial charge in [-0.1, -0.05) is 43.1 Å². The van der Waals surface area contributed by atoms with Crippen molar-refractivity contribution in [1.29, 1.82) is 0 Å². The molecule has 0 aromatic heterocycles. The smallest absolute Gasteiger partial charge is 0.0459 e. The summed E-state index contributed by atoms with van der Waals surface area (Å²) >= 11 is 12.8. The van der Waals surface area contributed by atoms with Gasteiger partial charge in [-0.15, -0.1) is 0 Å². The monoisotopic (exact) mass is 285 g/mol. The van der Waals surface area contributed by atoms with E-state index in [4.69, 9.17) is 23.2 Å². The number of hydrogen-bond acceptors (Lipinski definition) is 1. The lowest BCUT2D eigenvalue weighted by Crippen LogP contribution is -2.49. The van der Waals surface area contributed by atoms with E-state index in [2.05, 4.69) is 19.2 Å². The van der Waals surface area contributed by atoms with Crippen molar-refractivity contribution in [2.75, 3.05) is 13.6 Å². The van der Waals surface area contributed by atoms with Gasteiger partial charge in [0, 0.05) is 22.0 Å². The van der Waals surface area contributed by atoms with E-state index in [1.165, 1.54) is 12.8 Å². The van der Waals surface area contributed by atoms with Crippen LogP contribution in [-0.2, 0) is 5.41 Å². The van der Waals surface area contributed by atoms with Crippen LogP contribution in [0.25, 0.3) is 0 Å². The van der Waals surface area contributed by atoms with E-state index in [9.17, 15) is 0 Å². The van der Waals surface area contributed by atoms with Gasteiger partial charge in [-0.25, -0.2) is 0 Å². The van der Waals surface area contributed by atoms with Crippen molar-refractivity contribution in [3.63, 3.8) is 0 Å². The molecule has 3 heteroatoms. The molecule has 1 aromatic rings. The molecule has 0 saturated heterocycles. The Labute approximate surface area is 120 Å². The molecule has 0 radical (unpaired) electrons. The van der Waals surface area contributed by atoms with Crippen LogP contribution in [0.4, 0.5) is 0 Å². The van der Waals surface area contributed by atoms with Crippen molar-refractivity contribution in [3.8, 4) is 0 Å². The van der Waals surface area contributed by atoms with Gasteiger partial charge in [-0.3, -0.25) is 0 Å². The lowest BCUT2D eigenvalue weighted by atomic mass is 9.56. The largest absolute Gasteiger partial charge is 0.319 e. The van der Waals surface area contributed by atoms with Gasteiger partial charge in [-0.2, -0.15) is 0 Å². The predicted octanol–water partition coefficient (Wildman–Crippen LogP) is 4.52. The summed E-state index contributed by atoms with van der Waals surface area (Å²) in [5.41, 5.74) is 1.26. The summed E-state index contributed by atoms with van der Waals surface area (Å²) in [6.07, 6.45) is 2.35. The average molecular weight is 286 g/mol. The molecule has 0 amide bonds. The summed E-state index contributed by atoms with van der Waals surface area (Å²) in [5, 5.41) is 4.92. The number of hydrogen-bond donors (Lipinski definition) is 1. The normalized spacial score (nSPS) is 27.3. The fourth-order valence-corrected chi connectivity index (χ4v) is 3.99. The molecular weight excluding hydrogens is 265 g/mol. The highest BCUT2D eigenvalue weighted by Gasteiger charge is 2.47. The highest BCUT2D eigenvalue weighted by Crippen LogP contribution is 2.53. The molecule has 0 unspecified atom stereocenters. The standard InChI is InChI=1S/C15H21Cl2N/c1-10(2)11-7-15(8-11,9-18-3)14-12(16)5-4-6-13(14)17/h4-6,10-11,18H,7-9H2,1-3H3. The lowest BCUT2D eigenvalue weighted by Gasteiger charge is -2.50. The molecule has 1 saturated carbocycles. The van der Waals surface area contributed by atoms with Gasteiger partial charge in [0.25, 0.3) is 0 Å². The van der Waals surface area contributed by atoms with Crippen molar-refractivity contribution in [1.82, 2.24) is 5.32 Å². The molecule has 18 heavy (non-hydrogen) atoms. The van der Waals surface area contributed by atoms with Crippen LogP contribution in [0.3, 0.4) is 0 Å². The molecule has 1 aromatic carbocycles. The van der Waals surface area contributed by atoms with Crippen molar-refractivity contribution >= 4 is 23.2 Å². The van der Waals surface area contributed by atoms with Crippen molar-refractivity contribution in [3.05, 3.63) is 33.8 Å². The fraction of sp³-hybridized carbons (Fsp3) is 0.600. The Bertz CT molecular complexity index is 402. The third-order valence-corrected chi connectivity index (χ3v) is 4.89. The van der Waals surface area contributed by atoms with E-state index in [1.807, 2.05) is 25.2 Å². The molecule has 1 nitrogen and oxygen atoms in total. The third kappa shape index (κ3) is 2.41. The zero-order valence-corrected chi connectivity index (χ0v) is 12.8. The van der Waals surface area contributed by atoms with Crippen LogP contribution in [0, 0.1) is 11.8 Å². The molecular formula is C15H21Cl2N. The molecule has 1 N–H and O–H groups in total. The Kier molecular flexibility index (Phi) is 4.25. The molecule has 0 spiro atoms. The molecule has 1 aliphatic carbocycles. The Morgan fingerprint density at radius 3 is 2.28 bits per heavy atom. The summed E-state index contributed by atoms with van der Waals surface area (Å²) in [6, 6.07) is 5.81. The number of rotatable bonds is 4. The summed E-state index contributed by atoms with van der Waals surface area (Å²) in [7, 11) is 2.00. The molecule has 1 fully saturated rings. The van der Waals surface area contributed by atoms with Crippen molar-refractivity contribution in [2.24, 2.45) is 11.8 Å². The van der Waals surface area contributed by atoms with Crippen LogP contribution in [0.15, 0.2) is 18.2 Å². The average Bonchev–Trinajstić information content (AvgIpc) is 2.23. The first-order chi connectivity index (χ1) is 8.50. The van der Waals surface area contributed by atoms with Gasteiger partial charge >= 0.3 is 0 Å². The van der Waals surface area contributed by atoms with E-state index >= 15 is 0 Å². The van der Waals surface area contributed by atoms with E-state index in [-0.39, 0.29) is 5.41 Å². The quantitative estimate of drug-likeness (QED) is 0.858. The minimum atomic E-state index is 0.124. The number of nitrogens with one attached hydrogen (secondary N) is 1. The first kappa shape index (κ1) is 14.2. The molecule has 0 heterocycles. The van der Waals surface area contributed by atoms with E-state index < -0.39 is 0 Å². The second-order valence-corrected chi connectivity index (χ2v) is 6.63. The fourth-order valence-electron chi connectivity index (χ4n) is 3.20. The van der Waals surface area contributed by atoms with E-state index in [0.29, 0.717) is 0 Å². The number of likely N-dealkylation sites (N-methyl/N-ethyl adjacent to an activating group) is 1. The lowest BCUT2D eigenvalue weighted by molar-refractivity contribution is 0.0998. The first-order valence-corrected chi connectivity index (χ1v) is 7.35. The van der Waals surface area contributed by atoms with Gasteiger partial charge in [0.05, 0.1) is 0 Å². The predicted molar refractivity (Wildman–Crippen MR) is 79.6 cm³/mol. The molecule has 1 aliphatic rings. The highest BCUT2D eigenvalue weighted by molar-refractivity contribution is 6.36. The van der Waals surface area contributed by atoms with Crippen LogP contribution in [0.1, 0.15) is 32.3 Å². The maximum atomic E-state index is 6.38. The zero-order valence-electron chi connectivity index (χ0n) is 11.3. The van der Waals surface area contributed by atoms with Crippen molar-refractivity contribution in [2.45, 2.75) is 32.1 Å².